The van der Waals surface area contributed by atoms with E-state index in [1.54, 1.807) is 6.07 Å². The first-order valence-electron chi connectivity index (χ1n) is 9.26. The Labute approximate surface area is 158 Å². The van der Waals surface area contributed by atoms with Gasteiger partial charge in [0.1, 0.15) is 5.82 Å². The van der Waals surface area contributed by atoms with Crippen LogP contribution < -0.4 is 4.90 Å². The molecule has 1 aromatic heterocycles. The second-order valence-corrected chi connectivity index (χ2v) is 6.96. The van der Waals surface area contributed by atoms with Crippen molar-refractivity contribution in [3.63, 3.8) is 0 Å². The molecule has 27 heavy (non-hydrogen) atoms. The fraction of sp³-hybridized carbons (Fsp3) is 0.333. The zero-order valence-electron chi connectivity index (χ0n) is 15.6. The van der Waals surface area contributed by atoms with Gasteiger partial charge in [0.15, 0.2) is 0 Å². The normalized spacial score (nSPS) is 16.5. The van der Waals surface area contributed by atoms with Gasteiger partial charge >= 0.3 is 0 Å². The third-order valence-electron chi connectivity index (χ3n) is 5.15. The van der Waals surface area contributed by atoms with Crippen LogP contribution in [0, 0.1) is 12.7 Å². The Balaban J connectivity index is 1.42. The van der Waals surface area contributed by atoms with Crippen molar-refractivity contribution in [3.8, 4) is 11.5 Å². The van der Waals surface area contributed by atoms with E-state index in [0.717, 1.165) is 31.7 Å². The average molecular weight is 366 g/mol. The van der Waals surface area contributed by atoms with E-state index in [1.165, 1.54) is 11.6 Å². The van der Waals surface area contributed by atoms with Gasteiger partial charge in [-0.15, -0.1) is 10.2 Å². The molecule has 0 amide bonds. The van der Waals surface area contributed by atoms with Crippen LogP contribution in [0.5, 0.6) is 0 Å². The lowest BCUT2D eigenvalue weighted by atomic mass is 10.1. The number of benzene rings is 2. The van der Waals surface area contributed by atoms with Crippen LogP contribution in [-0.4, -0.2) is 41.3 Å². The number of piperazine rings is 1. The monoisotopic (exact) mass is 366 g/mol. The molecule has 0 N–H and O–H groups in total. The highest BCUT2D eigenvalue weighted by Crippen LogP contribution is 2.26. The summed E-state index contributed by atoms with van der Waals surface area (Å²) in [6.45, 7) is 7.29. The Bertz CT molecular complexity index is 901. The molecular formula is C21H23FN4O. The SMILES string of the molecule is Cc1ccc(-c2nnc(C(C)N3CCN(c4ccccc4F)CC3)o2)cc1. The minimum Gasteiger partial charge on any atom is -0.419 e. The third-order valence-corrected chi connectivity index (χ3v) is 5.15. The summed E-state index contributed by atoms with van der Waals surface area (Å²) in [5, 5.41) is 8.45. The summed E-state index contributed by atoms with van der Waals surface area (Å²) < 4.78 is 19.9. The summed E-state index contributed by atoms with van der Waals surface area (Å²) in [5.41, 5.74) is 2.79. The smallest absolute Gasteiger partial charge is 0.247 e. The van der Waals surface area contributed by atoms with Crippen molar-refractivity contribution in [2.45, 2.75) is 19.9 Å². The zero-order chi connectivity index (χ0) is 18.8. The number of para-hydroxylation sites is 1. The van der Waals surface area contributed by atoms with Gasteiger partial charge in [-0.2, -0.15) is 0 Å². The molecule has 5 nitrogen and oxygen atoms in total. The Kier molecular flexibility index (Phi) is 4.90. The molecule has 3 aromatic rings. The molecule has 1 aliphatic rings. The summed E-state index contributed by atoms with van der Waals surface area (Å²) in [4.78, 5) is 4.38. The van der Waals surface area contributed by atoms with Gasteiger partial charge in [0.25, 0.3) is 0 Å². The van der Waals surface area contributed by atoms with Gasteiger partial charge in [-0.25, -0.2) is 4.39 Å². The second-order valence-electron chi connectivity index (χ2n) is 6.96. The lowest BCUT2D eigenvalue weighted by Crippen LogP contribution is -2.47. The predicted octanol–water partition coefficient (Wildman–Crippen LogP) is 4.07. The minimum atomic E-state index is -0.168. The van der Waals surface area contributed by atoms with Gasteiger partial charge in [0, 0.05) is 31.7 Å². The molecule has 1 atom stereocenters. The molecule has 6 heteroatoms. The molecule has 4 rings (SSSR count). The lowest BCUT2D eigenvalue weighted by molar-refractivity contribution is 0.173. The summed E-state index contributed by atoms with van der Waals surface area (Å²) in [7, 11) is 0. The molecule has 1 saturated heterocycles. The first kappa shape index (κ1) is 17.7. The van der Waals surface area contributed by atoms with Gasteiger partial charge < -0.3 is 9.32 Å². The highest BCUT2D eigenvalue weighted by Gasteiger charge is 2.26. The molecule has 140 valence electrons. The van der Waals surface area contributed by atoms with Crippen molar-refractivity contribution < 1.29 is 8.81 Å². The number of hydrogen-bond donors (Lipinski definition) is 0. The van der Waals surface area contributed by atoms with Gasteiger partial charge in [0.05, 0.1) is 11.7 Å². The molecule has 1 aliphatic heterocycles. The standard InChI is InChI=1S/C21H23FN4O/c1-15-7-9-17(10-8-15)21-24-23-20(27-21)16(2)25-11-13-26(14-12-25)19-6-4-3-5-18(19)22/h3-10,16H,11-14H2,1-2H3. The molecule has 2 aromatic carbocycles. The van der Waals surface area contributed by atoms with Crippen LogP contribution in [0.3, 0.4) is 0 Å². The first-order valence-corrected chi connectivity index (χ1v) is 9.26. The number of nitrogens with zero attached hydrogens (tertiary/aromatic N) is 4. The Morgan fingerprint density at radius 3 is 2.37 bits per heavy atom. The molecule has 0 saturated carbocycles. The van der Waals surface area contributed by atoms with Crippen molar-refractivity contribution in [1.29, 1.82) is 0 Å². The summed E-state index contributed by atoms with van der Waals surface area (Å²) in [5.74, 6) is 0.991. The number of hydrogen-bond acceptors (Lipinski definition) is 5. The zero-order valence-corrected chi connectivity index (χ0v) is 15.6. The molecule has 0 radical (unpaired) electrons. The summed E-state index contributed by atoms with van der Waals surface area (Å²) >= 11 is 0. The minimum absolute atomic E-state index is 0.0273. The molecular weight excluding hydrogens is 343 g/mol. The van der Waals surface area contributed by atoms with Crippen LogP contribution in [-0.2, 0) is 0 Å². The van der Waals surface area contributed by atoms with E-state index >= 15 is 0 Å². The second kappa shape index (κ2) is 7.48. The molecule has 0 aliphatic carbocycles. The van der Waals surface area contributed by atoms with Crippen molar-refractivity contribution in [1.82, 2.24) is 15.1 Å². The van der Waals surface area contributed by atoms with E-state index in [0.29, 0.717) is 17.5 Å². The topological polar surface area (TPSA) is 45.4 Å². The predicted molar refractivity (Wildman–Crippen MR) is 103 cm³/mol. The number of anilines is 1. The Hall–Kier alpha value is -2.73. The van der Waals surface area contributed by atoms with E-state index in [-0.39, 0.29) is 11.9 Å². The van der Waals surface area contributed by atoms with Crippen LogP contribution >= 0.6 is 0 Å². The van der Waals surface area contributed by atoms with Crippen LogP contribution in [0.1, 0.15) is 24.4 Å². The van der Waals surface area contributed by atoms with E-state index < -0.39 is 0 Å². The molecule has 0 bridgehead atoms. The average Bonchev–Trinajstić information content (AvgIpc) is 3.19. The highest BCUT2D eigenvalue weighted by atomic mass is 19.1. The van der Waals surface area contributed by atoms with E-state index in [9.17, 15) is 4.39 Å². The maximum absolute atomic E-state index is 14.0. The van der Waals surface area contributed by atoms with Crippen molar-refractivity contribution in [2.75, 3.05) is 31.1 Å². The first-order chi connectivity index (χ1) is 13.1. The van der Waals surface area contributed by atoms with Crippen LogP contribution in [0.15, 0.2) is 52.9 Å². The Morgan fingerprint density at radius 2 is 1.67 bits per heavy atom. The summed E-state index contributed by atoms with van der Waals surface area (Å²) in [6.07, 6.45) is 0. The molecule has 1 fully saturated rings. The number of halogens is 1. The van der Waals surface area contributed by atoms with E-state index in [1.807, 2.05) is 43.3 Å². The number of aryl methyl sites for hydroxylation is 1. The van der Waals surface area contributed by atoms with Gasteiger partial charge in [-0.1, -0.05) is 29.8 Å². The van der Waals surface area contributed by atoms with Gasteiger partial charge in [-0.05, 0) is 38.1 Å². The fourth-order valence-corrected chi connectivity index (χ4v) is 3.43. The van der Waals surface area contributed by atoms with Crippen LogP contribution in [0.25, 0.3) is 11.5 Å². The van der Waals surface area contributed by atoms with Gasteiger partial charge in [-0.3, -0.25) is 4.90 Å². The van der Waals surface area contributed by atoms with Gasteiger partial charge in [0.2, 0.25) is 11.8 Å². The van der Waals surface area contributed by atoms with E-state index in [4.69, 9.17) is 4.42 Å². The maximum atomic E-state index is 14.0. The highest BCUT2D eigenvalue weighted by molar-refractivity contribution is 5.53. The van der Waals surface area contributed by atoms with Crippen molar-refractivity contribution in [2.24, 2.45) is 0 Å². The summed E-state index contributed by atoms with van der Waals surface area (Å²) in [6, 6.07) is 15.0. The quantitative estimate of drug-likeness (QED) is 0.697. The van der Waals surface area contributed by atoms with E-state index in [2.05, 4.69) is 26.9 Å². The van der Waals surface area contributed by atoms with Crippen LogP contribution in [0.4, 0.5) is 10.1 Å². The molecule has 1 unspecified atom stereocenters. The number of rotatable bonds is 4. The van der Waals surface area contributed by atoms with Crippen LogP contribution in [0.2, 0.25) is 0 Å². The van der Waals surface area contributed by atoms with Crippen molar-refractivity contribution >= 4 is 5.69 Å². The molecule has 2 heterocycles. The third kappa shape index (κ3) is 3.71. The lowest BCUT2D eigenvalue weighted by Gasteiger charge is -2.38. The Morgan fingerprint density at radius 1 is 0.963 bits per heavy atom. The maximum Gasteiger partial charge on any atom is 0.247 e. The number of aromatic nitrogens is 2. The molecule has 0 spiro atoms. The largest absolute Gasteiger partial charge is 0.419 e. The van der Waals surface area contributed by atoms with Crippen molar-refractivity contribution in [3.05, 3.63) is 65.8 Å². The fourth-order valence-electron chi connectivity index (χ4n) is 3.43.